The fraction of sp³-hybridized carbons (Fsp3) is 0.500. The molecule has 214 valence electrons. The zero-order valence-corrected chi connectivity index (χ0v) is 24.0. The van der Waals surface area contributed by atoms with Crippen LogP contribution in [0, 0.1) is 17.6 Å². The van der Waals surface area contributed by atoms with Gasteiger partial charge >= 0.3 is 0 Å². The lowest BCUT2D eigenvalue weighted by Gasteiger charge is -2.42. The Balaban J connectivity index is 1.58. The second-order valence-electron chi connectivity index (χ2n) is 12.2. The molecule has 3 aromatic rings. The number of piperazine rings is 1. The number of pyridine rings is 1. The Hall–Kier alpha value is -3.10. The Morgan fingerprint density at radius 1 is 1.05 bits per heavy atom. The number of hydrogen-bond acceptors (Lipinski definition) is 4. The summed E-state index contributed by atoms with van der Waals surface area (Å²) in [5, 5.41) is 3.44. The second-order valence-corrected chi connectivity index (χ2v) is 12.2. The van der Waals surface area contributed by atoms with Gasteiger partial charge in [-0.15, -0.1) is 0 Å². The molecule has 1 atom stereocenters. The van der Waals surface area contributed by atoms with Gasteiger partial charge in [-0.3, -0.25) is 19.4 Å². The van der Waals surface area contributed by atoms with Crippen molar-refractivity contribution in [3.05, 3.63) is 81.3 Å². The topological polar surface area (TPSA) is 57.6 Å². The van der Waals surface area contributed by atoms with E-state index in [4.69, 9.17) is 0 Å². The highest BCUT2D eigenvalue weighted by Crippen LogP contribution is 2.41. The predicted octanol–water partition coefficient (Wildman–Crippen LogP) is 5.49. The van der Waals surface area contributed by atoms with Crippen LogP contribution >= 0.6 is 0 Å². The van der Waals surface area contributed by atoms with Gasteiger partial charge in [0.15, 0.2) is 0 Å². The van der Waals surface area contributed by atoms with Gasteiger partial charge in [-0.2, -0.15) is 0 Å². The SMILES string of the molecule is CCCn1c(CN2CCN(C(C)(C)C)CC2)c(C(=O)NC(c2cccc(F)c2)C2CC2)c2cccc(F)c2c1=O. The Labute approximate surface area is 235 Å². The van der Waals surface area contributed by atoms with Crippen LogP contribution in [-0.4, -0.2) is 52.0 Å². The molecule has 0 bridgehead atoms. The molecule has 8 heteroatoms. The maximum Gasteiger partial charge on any atom is 0.261 e. The summed E-state index contributed by atoms with van der Waals surface area (Å²) in [6.45, 7) is 12.7. The third-order valence-electron chi connectivity index (χ3n) is 8.31. The summed E-state index contributed by atoms with van der Waals surface area (Å²) in [4.78, 5) is 32.6. The second kappa shape index (κ2) is 11.4. The van der Waals surface area contributed by atoms with Crippen molar-refractivity contribution in [2.45, 2.75) is 71.6 Å². The molecule has 1 amide bonds. The Morgan fingerprint density at radius 2 is 1.75 bits per heavy atom. The molecule has 1 aliphatic heterocycles. The van der Waals surface area contributed by atoms with Crippen LogP contribution in [0.4, 0.5) is 8.78 Å². The molecule has 2 fully saturated rings. The van der Waals surface area contributed by atoms with E-state index in [1.807, 2.05) is 13.0 Å². The van der Waals surface area contributed by atoms with E-state index in [1.54, 1.807) is 22.8 Å². The van der Waals surface area contributed by atoms with Crippen LogP contribution in [0.2, 0.25) is 0 Å². The van der Waals surface area contributed by atoms with Gasteiger partial charge in [0.2, 0.25) is 0 Å². The number of halogens is 2. The summed E-state index contributed by atoms with van der Waals surface area (Å²) in [6.07, 6.45) is 2.55. The standard InChI is InChI=1S/C32H40F2N4O2/c1-5-14-38-26(20-36-15-17-37(18-16-36)32(2,3)4)28(24-10-7-11-25(34)27(24)31(38)40)30(39)35-29(21-12-13-21)22-8-6-9-23(33)19-22/h6-11,19,21,29H,5,12-18,20H2,1-4H3,(H,35,39). The van der Waals surface area contributed by atoms with Crippen LogP contribution in [0.1, 0.15) is 74.6 Å². The van der Waals surface area contributed by atoms with E-state index in [1.165, 1.54) is 18.2 Å². The van der Waals surface area contributed by atoms with Crippen LogP contribution in [0.15, 0.2) is 47.3 Å². The zero-order chi connectivity index (χ0) is 28.6. The van der Waals surface area contributed by atoms with E-state index in [9.17, 15) is 14.0 Å². The minimum absolute atomic E-state index is 0.0591. The van der Waals surface area contributed by atoms with Gasteiger partial charge in [-0.05, 0) is 69.7 Å². The molecule has 1 saturated heterocycles. The number of amides is 1. The van der Waals surface area contributed by atoms with E-state index < -0.39 is 11.4 Å². The Morgan fingerprint density at radius 3 is 2.38 bits per heavy atom. The van der Waals surface area contributed by atoms with Crippen molar-refractivity contribution in [1.82, 2.24) is 19.7 Å². The van der Waals surface area contributed by atoms with Gasteiger partial charge < -0.3 is 9.88 Å². The van der Waals surface area contributed by atoms with Crippen LogP contribution < -0.4 is 10.9 Å². The first-order valence-corrected chi connectivity index (χ1v) is 14.5. The molecule has 0 radical (unpaired) electrons. The summed E-state index contributed by atoms with van der Waals surface area (Å²) in [7, 11) is 0. The number of benzene rings is 2. The first kappa shape index (κ1) is 28.4. The van der Waals surface area contributed by atoms with Gasteiger partial charge in [0.1, 0.15) is 11.6 Å². The third-order valence-corrected chi connectivity index (χ3v) is 8.31. The Bertz CT molecular complexity index is 1450. The third kappa shape index (κ3) is 5.84. The average Bonchev–Trinajstić information content (AvgIpc) is 3.75. The Kier molecular flexibility index (Phi) is 8.11. The number of carbonyl (C=O) groups excluding carboxylic acids is 1. The van der Waals surface area contributed by atoms with Crippen LogP contribution in [0.3, 0.4) is 0 Å². The monoisotopic (exact) mass is 550 g/mol. The van der Waals surface area contributed by atoms with E-state index in [0.717, 1.165) is 39.0 Å². The van der Waals surface area contributed by atoms with Crippen molar-refractivity contribution >= 4 is 16.7 Å². The van der Waals surface area contributed by atoms with Crippen molar-refractivity contribution < 1.29 is 13.6 Å². The van der Waals surface area contributed by atoms with Crippen molar-refractivity contribution in [2.24, 2.45) is 5.92 Å². The molecule has 0 spiro atoms. The van der Waals surface area contributed by atoms with E-state index in [-0.39, 0.29) is 34.6 Å². The largest absolute Gasteiger partial charge is 0.345 e. The van der Waals surface area contributed by atoms with Crippen LogP contribution in [-0.2, 0) is 13.1 Å². The van der Waals surface area contributed by atoms with Crippen molar-refractivity contribution in [3.8, 4) is 0 Å². The lowest BCUT2D eigenvalue weighted by Crippen LogP contribution is -2.53. The fourth-order valence-corrected chi connectivity index (χ4v) is 5.98. The lowest BCUT2D eigenvalue weighted by molar-refractivity contribution is 0.0577. The van der Waals surface area contributed by atoms with Gasteiger partial charge in [-0.25, -0.2) is 8.78 Å². The van der Waals surface area contributed by atoms with Gasteiger partial charge in [-0.1, -0.05) is 31.2 Å². The number of hydrogen-bond donors (Lipinski definition) is 1. The minimum Gasteiger partial charge on any atom is -0.345 e. The van der Waals surface area contributed by atoms with Gasteiger partial charge in [0.25, 0.3) is 11.5 Å². The highest BCUT2D eigenvalue weighted by molar-refractivity contribution is 6.08. The number of carbonyl (C=O) groups is 1. The van der Waals surface area contributed by atoms with Gasteiger partial charge in [0.05, 0.1) is 17.0 Å². The predicted molar refractivity (Wildman–Crippen MR) is 154 cm³/mol. The summed E-state index contributed by atoms with van der Waals surface area (Å²) in [6, 6.07) is 10.5. The summed E-state index contributed by atoms with van der Waals surface area (Å²) in [5.41, 5.74) is 1.33. The molecular formula is C32H40F2N4O2. The smallest absolute Gasteiger partial charge is 0.261 e. The number of nitrogens with one attached hydrogen (secondary N) is 1. The summed E-state index contributed by atoms with van der Waals surface area (Å²) in [5.74, 6) is -1.12. The number of aromatic nitrogens is 1. The molecule has 1 saturated carbocycles. The van der Waals surface area contributed by atoms with Crippen molar-refractivity contribution in [3.63, 3.8) is 0 Å². The molecule has 2 aliphatic rings. The first-order chi connectivity index (χ1) is 19.1. The molecule has 1 N–H and O–H groups in total. The van der Waals surface area contributed by atoms with Crippen LogP contribution in [0.5, 0.6) is 0 Å². The molecule has 6 nitrogen and oxygen atoms in total. The number of nitrogens with zero attached hydrogens (tertiary/aromatic N) is 3. The summed E-state index contributed by atoms with van der Waals surface area (Å²) < 4.78 is 30.9. The minimum atomic E-state index is -0.629. The molecule has 40 heavy (non-hydrogen) atoms. The molecule has 2 heterocycles. The van der Waals surface area contributed by atoms with E-state index in [0.29, 0.717) is 41.7 Å². The highest BCUT2D eigenvalue weighted by Gasteiger charge is 2.35. The molecule has 1 aromatic heterocycles. The summed E-state index contributed by atoms with van der Waals surface area (Å²) >= 11 is 0. The van der Waals surface area contributed by atoms with Gasteiger partial charge in [0, 0.05) is 55.9 Å². The number of fused-ring (bicyclic) bond motifs is 1. The van der Waals surface area contributed by atoms with E-state index >= 15 is 4.39 Å². The normalized spacial score (nSPS) is 17.8. The molecule has 2 aromatic carbocycles. The molecule has 5 rings (SSSR count). The van der Waals surface area contributed by atoms with Crippen LogP contribution in [0.25, 0.3) is 10.8 Å². The molecule has 1 aliphatic carbocycles. The fourth-order valence-electron chi connectivity index (χ4n) is 5.98. The lowest BCUT2D eigenvalue weighted by atomic mass is 9.98. The average molecular weight is 551 g/mol. The molecular weight excluding hydrogens is 510 g/mol. The van der Waals surface area contributed by atoms with E-state index in [2.05, 4.69) is 35.9 Å². The van der Waals surface area contributed by atoms with Crippen molar-refractivity contribution in [2.75, 3.05) is 26.2 Å². The maximum atomic E-state index is 15.2. The number of rotatable bonds is 8. The quantitative estimate of drug-likeness (QED) is 0.403. The highest BCUT2D eigenvalue weighted by atomic mass is 19.1. The maximum absolute atomic E-state index is 15.2. The van der Waals surface area contributed by atoms with Crippen molar-refractivity contribution in [1.29, 1.82) is 0 Å². The first-order valence-electron chi connectivity index (χ1n) is 14.5. The zero-order valence-electron chi connectivity index (χ0n) is 24.0. The molecule has 1 unspecified atom stereocenters.